The van der Waals surface area contributed by atoms with Crippen molar-refractivity contribution in [3.05, 3.63) is 0 Å². The van der Waals surface area contributed by atoms with Gasteiger partial charge in [-0.3, -0.25) is 9.59 Å². The van der Waals surface area contributed by atoms with Crippen molar-refractivity contribution in [3.63, 3.8) is 0 Å². The summed E-state index contributed by atoms with van der Waals surface area (Å²) in [5.74, 6) is 0.767. The molecule has 1 saturated carbocycles. The van der Waals surface area contributed by atoms with Crippen molar-refractivity contribution in [2.75, 3.05) is 13.1 Å². The molecule has 5 heteroatoms. The fraction of sp³-hybridized carbons (Fsp3) is 0.875. The molecule has 1 unspecified atom stereocenters. The van der Waals surface area contributed by atoms with Crippen molar-refractivity contribution in [1.82, 2.24) is 10.6 Å². The average molecular weight is 297 g/mol. The molecule has 1 aliphatic rings. The van der Waals surface area contributed by atoms with Crippen LogP contribution in [0.15, 0.2) is 0 Å². The first kappa shape index (κ1) is 18.0. The molecule has 122 valence electrons. The van der Waals surface area contributed by atoms with Crippen LogP contribution in [0.25, 0.3) is 0 Å². The number of hydrogen-bond donors (Lipinski definition) is 3. The Morgan fingerprint density at radius 3 is 2.52 bits per heavy atom. The Morgan fingerprint density at radius 2 is 1.90 bits per heavy atom. The van der Waals surface area contributed by atoms with E-state index in [9.17, 15) is 9.59 Å². The van der Waals surface area contributed by atoms with E-state index in [0.717, 1.165) is 38.5 Å². The number of nitrogens with two attached hydrogens (primary N) is 1. The third-order valence-electron chi connectivity index (χ3n) is 3.90. The summed E-state index contributed by atoms with van der Waals surface area (Å²) in [4.78, 5) is 23.2. The van der Waals surface area contributed by atoms with E-state index in [1.54, 1.807) is 0 Å². The van der Waals surface area contributed by atoms with Crippen molar-refractivity contribution in [1.29, 1.82) is 0 Å². The molecule has 0 spiro atoms. The smallest absolute Gasteiger partial charge is 0.220 e. The van der Waals surface area contributed by atoms with Gasteiger partial charge >= 0.3 is 0 Å². The number of hydrogen-bond acceptors (Lipinski definition) is 3. The lowest BCUT2D eigenvalue weighted by Crippen LogP contribution is -2.28. The Bertz CT molecular complexity index is 311. The minimum absolute atomic E-state index is 0.0933. The van der Waals surface area contributed by atoms with E-state index < -0.39 is 0 Å². The molecular formula is C16H31N3O2. The van der Waals surface area contributed by atoms with Gasteiger partial charge in [0.2, 0.25) is 11.8 Å². The van der Waals surface area contributed by atoms with Crippen LogP contribution in [0.4, 0.5) is 0 Å². The Labute approximate surface area is 128 Å². The lowest BCUT2D eigenvalue weighted by atomic mass is 9.94. The zero-order valence-electron chi connectivity index (χ0n) is 13.3. The van der Waals surface area contributed by atoms with Gasteiger partial charge in [-0.25, -0.2) is 0 Å². The molecule has 0 aromatic rings. The first-order valence-corrected chi connectivity index (χ1v) is 8.41. The molecule has 0 aromatic carbocycles. The zero-order valence-corrected chi connectivity index (χ0v) is 13.3. The Kier molecular flexibility index (Phi) is 9.06. The molecule has 0 bridgehead atoms. The van der Waals surface area contributed by atoms with Gasteiger partial charge in [-0.15, -0.1) is 0 Å². The normalized spacial score (nSPS) is 15.5. The van der Waals surface area contributed by atoms with Crippen LogP contribution >= 0.6 is 0 Å². The van der Waals surface area contributed by atoms with Crippen LogP contribution in [0.3, 0.4) is 0 Å². The van der Waals surface area contributed by atoms with Crippen molar-refractivity contribution >= 4 is 11.8 Å². The molecule has 0 saturated heterocycles. The van der Waals surface area contributed by atoms with Crippen molar-refractivity contribution in [2.24, 2.45) is 11.7 Å². The average Bonchev–Trinajstić information content (AvgIpc) is 3.25. The summed E-state index contributed by atoms with van der Waals surface area (Å²) in [6.07, 6.45) is 8.22. The van der Waals surface area contributed by atoms with E-state index >= 15 is 0 Å². The monoisotopic (exact) mass is 297 g/mol. The second-order valence-corrected chi connectivity index (χ2v) is 6.07. The van der Waals surface area contributed by atoms with Crippen molar-refractivity contribution < 1.29 is 9.59 Å². The molecule has 0 aliphatic heterocycles. The lowest BCUT2D eigenvalue weighted by Gasteiger charge is -2.14. The molecule has 1 rings (SSSR count). The maximum atomic E-state index is 11.7. The summed E-state index contributed by atoms with van der Waals surface area (Å²) in [5.41, 5.74) is 5.59. The fourth-order valence-corrected chi connectivity index (χ4v) is 2.50. The summed E-state index contributed by atoms with van der Waals surface area (Å²) in [6, 6.07) is 0.421. The Morgan fingerprint density at radius 1 is 1.14 bits per heavy atom. The Hall–Kier alpha value is -1.10. The fourth-order valence-electron chi connectivity index (χ4n) is 2.50. The van der Waals surface area contributed by atoms with Crippen molar-refractivity contribution in [2.45, 2.75) is 70.8 Å². The summed E-state index contributed by atoms with van der Waals surface area (Å²) < 4.78 is 0. The molecule has 1 aliphatic carbocycles. The van der Waals surface area contributed by atoms with E-state index in [0.29, 0.717) is 44.3 Å². The first-order chi connectivity index (χ1) is 10.2. The maximum Gasteiger partial charge on any atom is 0.220 e. The SMILES string of the molecule is CCCC(CCN)CCC(=O)NCCCC(=O)NC1CC1. The van der Waals surface area contributed by atoms with Gasteiger partial charge in [0, 0.05) is 25.4 Å². The van der Waals surface area contributed by atoms with Crippen LogP contribution in [0.1, 0.15) is 64.7 Å². The van der Waals surface area contributed by atoms with Crippen LogP contribution in [0.2, 0.25) is 0 Å². The van der Waals surface area contributed by atoms with Gasteiger partial charge < -0.3 is 16.4 Å². The quantitative estimate of drug-likeness (QED) is 0.479. The highest BCUT2D eigenvalue weighted by Gasteiger charge is 2.22. The van der Waals surface area contributed by atoms with E-state index in [2.05, 4.69) is 17.6 Å². The van der Waals surface area contributed by atoms with Gasteiger partial charge in [0.15, 0.2) is 0 Å². The van der Waals surface area contributed by atoms with Crippen LogP contribution in [-0.4, -0.2) is 30.9 Å². The van der Waals surface area contributed by atoms with Crippen LogP contribution in [0, 0.1) is 5.92 Å². The van der Waals surface area contributed by atoms with E-state index in [4.69, 9.17) is 5.73 Å². The van der Waals surface area contributed by atoms with Gasteiger partial charge in [-0.2, -0.15) is 0 Å². The molecule has 0 radical (unpaired) electrons. The molecule has 4 N–H and O–H groups in total. The van der Waals surface area contributed by atoms with Crippen LogP contribution in [-0.2, 0) is 9.59 Å². The molecule has 5 nitrogen and oxygen atoms in total. The predicted molar refractivity (Wildman–Crippen MR) is 84.7 cm³/mol. The van der Waals surface area contributed by atoms with Gasteiger partial charge in [-0.1, -0.05) is 19.8 Å². The highest BCUT2D eigenvalue weighted by atomic mass is 16.2. The second-order valence-electron chi connectivity index (χ2n) is 6.07. The molecule has 1 fully saturated rings. The largest absolute Gasteiger partial charge is 0.356 e. The summed E-state index contributed by atoms with van der Waals surface area (Å²) in [7, 11) is 0. The maximum absolute atomic E-state index is 11.7. The topological polar surface area (TPSA) is 84.2 Å². The molecule has 0 aromatic heterocycles. The minimum Gasteiger partial charge on any atom is -0.356 e. The van der Waals surface area contributed by atoms with Crippen LogP contribution in [0.5, 0.6) is 0 Å². The Balaban J connectivity index is 2.00. The molecule has 21 heavy (non-hydrogen) atoms. The minimum atomic E-state index is 0.0933. The van der Waals surface area contributed by atoms with Crippen molar-refractivity contribution in [3.8, 4) is 0 Å². The van der Waals surface area contributed by atoms with Gasteiger partial charge in [0.1, 0.15) is 0 Å². The third-order valence-corrected chi connectivity index (χ3v) is 3.90. The second kappa shape index (κ2) is 10.6. The predicted octanol–water partition coefficient (Wildman–Crippen LogP) is 1.71. The van der Waals surface area contributed by atoms with E-state index in [1.807, 2.05) is 0 Å². The first-order valence-electron chi connectivity index (χ1n) is 8.41. The number of rotatable bonds is 12. The summed E-state index contributed by atoms with van der Waals surface area (Å²) in [5, 5.41) is 5.84. The molecule has 0 heterocycles. The standard InChI is InChI=1S/C16H31N3O2/c1-2-4-13(10-11-17)6-9-15(20)18-12-3-5-16(21)19-14-7-8-14/h13-14H,2-12,17H2,1H3,(H,18,20)(H,19,21). The summed E-state index contributed by atoms with van der Waals surface area (Å²) >= 11 is 0. The lowest BCUT2D eigenvalue weighted by molar-refractivity contribution is -0.123. The number of carbonyl (C=O) groups excluding carboxylic acids is 2. The highest BCUT2D eigenvalue weighted by molar-refractivity contribution is 5.77. The van der Waals surface area contributed by atoms with E-state index in [1.165, 1.54) is 0 Å². The molecule has 1 atom stereocenters. The molecule has 2 amide bonds. The van der Waals surface area contributed by atoms with Gasteiger partial charge in [0.05, 0.1) is 0 Å². The van der Waals surface area contributed by atoms with Gasteiger partial charge in [-0.05, 0) is 44.6 Å². The zero-order chi connectivity index (χ0) is 15.5. The number of nitrogens with one attached hydrogen (secondary N) is 2. The van der Waals surface area contributed by atoms with E-state index in [-0.39, 0.29) is 11.8 Å². The number of carbonyl (C=O) groups is 2. The highest BCUT2D eigenvalue weighted by Crippen LogP contribution is 2.18. The molecular weight excluding hydrogens is 266 g/mol. The third kappa shape index (κ3) is 9.45. The number of amides is 2. The van der Waals surface area contributed by atoms with Crippen LogP contribution < -0.4 is 16.4 Å². The van der Waals surface area contributed by atoms with Gasteiger partial charge in [0.25, 0.3) is 0 Å². The summed E-state index contributed by atoms with van der Waals surface area (Å²) in [6.45, 7) is 3.45.